The van der Waals surface area contributed by atoms with Crippen molar-refractivity contribution in [2.24, 2.45) is 5.41 Å². The summed E-state index contributed by atoms with van der Waals surface area (Å²) in [6.07, 6.45) is 2.73. The number of hydrogen-bond donors (Lipinski definition) is 1. The fraction of sp³-hybridized carbons (Fsp3) is 0.500. The Labute approximate surface area is 136 Å². The maximum absolute atomic E-state index is 12.3. The molecule has 2 aliphatic rings. The van der Waals surface area contributed by atoms with E-state index in [0.29, 0.717) is 12.0 Å². The van der Waals surface area contributed by atoms with E-state index in [9.17, 15) is 9.59 Å². The van der Waals surface area contributed by atoms with Crippen molar-refractivity contribution >= 4 is 30.0 Å². The number of nitrogens with zero attached hydrogens (tertiary/aromatic N) is 1. The summed E-state index contributed by atoms with van der Waals surface area (Å²) in [5.41, 5.74) is 1.50. The molecule has 0 aromatic heterocycles. The van der Waals surface area contributed by atoms with Gasteiger partial charge in [-0.05, 0) is 55.6 Å². The maximum atomic E-state index is 12.3. The molecule has 22 heavy (non-hydrogen) atoms. The van der Waals surface area contributed by atoms with Crippen molar-refractivity contribution in [3.05, 3.63) is 29.8 Å². The van der Waals surface area contributed by atoms with Crippen LogP contribution in [0.1, 0.15) is 29.6 Å². The topological polar surface area (TPSA) is 58.6 Å². The summed E-state index contributed by atoms with van der Waals surface area (Å²) in [7, 11) is 1.36. The molecular weight excluding hydrogens is 304 g/mol. The molecule has 2 heterocycles. The predicted molar refractivity (Wildman–Crippen MR) is 86.5 cm³/mol. The Morgan fingerprint density at radius 1 is 1.23 bits per heavy atom. The molecule has 2 aliphatic heterocycles. The van der Waals surface area contributed by atoms with E-state index >= 15 is 0 Å². The molecule has 1 amide bonds. The highest BCUT2D eigenvalue weighted by atomic mass is 35.5. The number of amides is 1. The third-order valence-corrected chi connectivity index (χ3v) is 4.59. The first kappa shape index (κ1) is 16.8. The second kappa shape index (κ2) is 6.67. The van der Waals surface area contributed by atoms with Gasteiger partial charge in [0.15, 0.2) is 0 Å². The zero-order chi connectivity index (χ0) is 14.9. The summed E-state index contributed by atoms with van der Waals surface area (Å²) >= 11 is 0. The highest BCUT2D eigenvalue weighted by molar-refractivity contribution is 5.97. The Bertz CT molecular complexity index is 553. The van der Waals surface area contributed by atoms with Crippen molar-refractivity contribution in [3.63, 3.8) is 0 Å². The minimum absolute atomic E-state index is 0. The molecule has 1 N–H and O–H groups in total. The molecule has 0 saturated carbocycles. The first-order chi connectivity index (χ1) is 10.1. The first-order valence-corrected chi connectivity index (χ1v) is 7.33. The number of piperidine rings is 1. The zero-order valence-electron chi connectivity index (χ0n) is 12.6. The van der Waals surface area contributed by atoms with Gasteiger partial charge in [0.1, 0.15) is 0 Å². The summed E-state index contributed by atoms with van der Waals surface area (Å²) in [5, 5.41) is 3.35. The number of hydrogen-bond acceptors (Lipinski definition) is 4. The third-order valence-electron chi connectivity index (χ3n) is 4.59. The molecule has 120 valence electrons. The molecule has 5 nitrogen and oxygen atoms in total. The molecular formula is C16H21ClN2O3. The smallest absolute Gasteiger partial charge is 0.337 e. The van der Waals surface area contributed by atoms with E-state index in [1.165, 1.54) is 7.11 Å². The summed E-state index contributed by atoms with van der Waals surface area (Å²) < 4.78 is 4.69. The lowest BCUT2D eigenvalue weighted by molar-refractivity contribution is -0.117. The number of anilines is 1. The number of benzene rings is 1. The van der Waals surface area contributed by atoms with Gasteiger partial charge in [0, 0.05) is 18.7 Å². The number of esters is 1. The molecule has 6 heteroatoms. The minimum Gasteiger partial charge on any atom is -0.465 e. The van der Waals surface area contributed by atoms with E-state index in [2.05, 4.69) is 10.1 Å². The Hall–Kier alpha value is -1.59. The molecule has 2 fully saturated rings. The second-order valence-electron chi connectivity index (χ2n) is 5.95. The van der Waals surface area contributed by atoms with Gasteiger partial charge in [-0.2, -0.15) is 0 Å². The van der Waals surface area contributed by atoms with Gasteiger partial charge in [0.2, 0.25) is 5.91 Å². The first-order valence-electron chi connectivity index (χ1n) is 7.33. The van der Waals surface area contributed by atoms with Crippen LogP contribution in [0.2, 0.25) is 0 Å². The van der Waals surface area contributed by atoms with Crippen LogP contribution < -0.4 is 10.2 Å². The Morgan fingerprint density at radius 3 is 2.45 bits per heavy atom. The Balaban J connectivity index is 0.00000176. The van der Waals surface area contributed by atoms with E-state index in [4.69, 9.17) is 0 Å². The van der Waals surface area contributed by atoms with Crippen LogP contribution in [0, 0.1) is 5.41 Å². The normalized spacial score (nSPS) is 19.9. The van der Waals surface area contributed by atoms with Crippen LogP contribution in [0.5, 0.6) is 0 Å². The monoisotopic (exact) mass is 324 g/mol. The van der Waals surface area contributed by atoms with Crippen LogP contribution in [0.3, 0.4) is 0 Å². The number of carbonyl (C=O) groups is 2. The Morgan fingerprint density at radius 2 is 1.86 bits per heavy atom. The van der Waals surface area contributed by atoms with Gasteiger partial charge in [-0.25, -0.2) is 4.79 Å². The third kappa shape index (κ3) is 3.10. The molecule has 0 atom stereocenters. The quantitative estimate of drug-likeness (QED) is 0.845. The zero-order valence-corrected chi connectivity index (χ0v) is 13.4. The average Bonchev–Trinajstić information content (AvgIpc) is 2.83. The van der Waals surface area contributed by atoms with E-state index in [0.717, 1.165) is 38.2 Å². The van der Waals surface area contributed by atoms with Crippen LogP contribution in [0.15, 0.2) is 24.3 Å². The molecule has 0 aliphatic carbocycles. The van der Waals surface area contributed by atoms with E-state index in [-0.39, 0.29) is 29.7 Å². The molecule has 0 unspecified atom stereocenters. The maximum Gasteiger partial charge on any atom is 0.337 e. The van der Waals surface area contributed by atoms with Crippen molar-refractivity contribution in [2.45, 2.75) is 19.3 Å². The molecule has 1 aromatic carbocycles. The van der Waals surface area contributed by atoms with E-state index in [1.807, 2.05) is 17.0 Å². The van der Waals surface area contributed by atoms with Gasteiger partial charge in [-0.3, -0.25) is 4.79 Å². The lowest BCUT2D eigenvalue weighted by Crippen LogP contribution is -2.38. The standard InChI is InChI=1S/C16H20N2O3.ClH/c1-21-15(20)12-2-4-13(5-3-12)18-11-16(10-14(18)19)6-8-17-9-7-16;/h2-5,17H,6-11H2,1H3;1H. The number of ether oxygens (including phenoxy) is 1. The molecule has 0 bridgehead atoms. The van der Waals surface area contributed by atoms with Crippen LogP contribution in [-0.2, 0) is 9.53 Å². The van der Waals surface area contributed by atoms with Gasteiger partial charge in [-0.1, -0.05) is 0 Å². The lowest BCUT2D eigenvalue weighted by Gasteiger charge is -2.33. The van der Waals surface area contributed by atoms with Crippen LogP contribution in [0.4, 0.5) is 5.69 Å². The van der Waals surface area contributed by atoms with Crippen molar-refractivity contribution in [2.75, 3.05) is 31.6 Å². The van der Waals surface area contributed by atoms with Crippen LogP contribution in [-0.4, -0.2) is 38.6 Å². The number of rotatable bonds is 2. The Kier molecular flexibility index (Phi) is 5.08. The fourth-order valence-corrected chi connectivity index (χ4v) is 3.32. The van der Waals surface area contributed by atoms with Crippen LogP contribution in [0.25, 0.3) is 0 Å². The molecule has 1 spiro atoms. The number of nitrogens with one attached hydrogen (secondary N) is 1. The molecule has 3 rings (SSSR count). The number of carbonyl (C=O) groups excluding carboxylic acids is 2. The summed E-state index contributed by atoms with van der Waals surface area (Å²) in [5.74, 6) is -0.174. The van der Waals surface area contributed by atoms with Gasteiger partial charge in [-0.15, -0.1) is 12.4 Å². The number of halogens is 1. The second-order valence-corrected chi connectivity index (χ2v) is 5.95. The van der Waals surface area contributed by atoms with Gasteiger partial charge in [0.05, 0.1) is 12.7 Å². The predicted octanol–water partition coefficient (Wildman–Crippen LogP) is 2.00. The van der Waals surface area contributed by atoms with Crippen molar-refractivity contribution in [3.8, 4) is 0 Å². The molecule has 1 aromatic rings. The van der Waals surface area contributed by atoms with E-state index < -0.39 is 0 Å². The fourth-order valence-electron chi connectivity index (χ4n) is 3.32. The van der Waals surface area contributed by atoms with Gasteiger partial charge >= 0.3 is 5.97 Å². The summed E-state index contributed by atoms with van der Waals surface area (Å²) in [6, 6.07) is 7.07. The van der Waals surface area contributed by atoms with Crippen LogP contribution >= 0.6 is 12.4 Å². The van der Waals surface area contributed by atoms with Crippen molar-refractivity contribution < 1.29 is 14.3 Å². The average molecular weight is 325 g/mol. The van der Waals surface area contributed by atoms with Gasteiger partial charge < -0.3 is 15.0 Å². The van der Waals surface area contributed by atoms with Crippen molar-refractivity contribution in [1.29, 1.82) is 0 Å². The molecule has 0 radical (unpaired) electrons. The highest BCUT2D eigenvalue weighted by Crippen LogP contribution is 2.41. The minimum atomic E-state index is -0.357. The summed E-state index contributed by atoms with van der Waals surface area (Å²) in [6.45, 7) is 2.76. The SMILES string of the molecule is COC(=O)c1ccc(N2CC3(CCNCC3)CC2=O)cc1.Cl. The summed E-state index contributed by atoms with van der Waals surface area (Å²) in [4.78, 5) is 25.6. The highest BCUT2D eigenvalue weighted by Gasteiger charge is 2.43. The lowest BCUT2D eigenvalue weighted by atomic mass is 9.78. The van der Waals surface area contributed by atoms with E-state index in [1.54, 1.807) is 12.1 Å². The largest absolute Gasteiger partial charge is 0.465 e. The van der Waals surface area contributed by atoms with Crippen molar-refractivity contribution in [1.82, 2.24) is 5.32 Å². The molecule has 2 saturated heterocycles. The number of methoxy groups -OCH3 is 1. The van der Waals surface area contributed by atoms with Gasteiger partial charge in [0.25, 0.3) is 0 Å².